The molecule has 1 fully saturated rings. The molecule has 0 unspecified atom stereocenters. The Hall–Kier alpha value is -1.53. The van der Waals surface area contributed by atoms with Crippen LogP contribution in [0.4, 0.5) is 5.69 Å². The summed E-state index contributed by atoms with van der Waals surface area (Å²) >= 11 is 0. The van der Waals surface area contributed by atoms with Crippen LogP contribution in [0.3, 0.4) is 0 Å². The van der Waals surface area contributed by atoms with Crippen LogP contribution in [-0.2, 0) is 0 Å². The molecule has 1 aliphatic rings. The molecule has 5 nitrogen and oxygen atoms in total. The molecular weight excluding hydrogens is 231 g/mol. The van der Waals surface area contributed by atoms with Crippen molar-refractivity contribution in [3.05, 3.63) is 23.8 Å². The minimum absolute atomic E-state index is 0.0936. The predicted octanol–water partition coefficient (Wildman–Crippen LogP) is -0.425. The lowest BCUT2D eigenvalue weighted by atomic mass is 9.79. The molecule has 0 aliphatic carbocycles. The van der Waals surface area contributed by atoms with Gasteiger partial charge in [0.15, 0.2) is 0 Å². The Kier molecular flexibility index (Phi) is 3.89. The molecule has 6 heteroatoms. The van der Waals surface area contributed by atoms with Gasteiger partial charge in [-0.05, 0) is 42.9 Å². The molecule has 1 aliphatic heterocycles. The Morgan fingerprint density at radius 1 is 1.17 bits per heavy atom. The van der Waals surface area contributed by atoms with Crippen molar-refractivity contribution in [2.45, 2.75) is 19.3 Å². The topological polar surface area (TPSA) is 86.8 Å². The van der Waals surface area contributed by atoms with E-state index in [9.17, 15) is 4.79 Å². The van der Waals surface area contributed by atoms with E-state index in [1.54, 1.807) is 11.0 Å². The number of nitrogens with zero attached hydrogens (tertiary/aromatic N) is 1. The second-order valence-electron chi connectivity index (χ2n) is 4.61. The maximum absolute atomic E-state index is 12.2. The fourth-order valence-corrected chi connectivity index (χ4v) is 2.23. The van der Waals surface area contributed by atoms with Gasteiger partial charge in [-0.25, -0.2) is 0 Å². The third-order valence-corrected chi connectivity index (χ3v) is 3.17. The minimum atomic E-state index is -1.61. The highest BCUT2D eigenvalue weighted by Gasteiger charge is 2.20. The van der Waals surface area contributed by atoms with Gasteiger partial charge in [-0.2, -0.15) is 0 Å². The standard InChI is InChI=1S/C12H17BN2O3/c14-11-7-9(6-10(8-11)13(17)18)12(16)15-4-2-1-3-5-15/h6-8,17-18H,1-5,14H2. The van der Waals surface area contributed by atoms with Crippen molar-refractivity contribution >= 4 is 24.2 Å². The number of nitrogen functional groups attached to an aromatic ring is 1. The van der Waals surface area contributed by atoms with E-state index < -0.39 is 7.12 Å². The number of hydrogen-bond acceptors (Lipinski definition) is 4. The quantitative estimate of drug-likeness (QED) is 0.489. The second-order valence-corrected chi connectivity index (χ2v) is 4.61. The van der Waals surface area contributed by atoms with Crippen LogP contribution in [0.1, 0.15) is 29.6 Å². The Bertz CT molecular complexity index is 445. The Balaban J connectivity index is 2.23. The number of carbonyl (C=O) groups is 1. The van der Waals surface area contributed by atoms with E-state index in [0.29, 0.717) is 11.3 Å². The molecule has 1 aromatic rings. The van der Waals surface area contributed by atoms with Gasteiger partial charge in [0.2, 0.25) is 0 Å². The van der Waals surface area contributed by atoms with E-state index in [4.69, 9.17) is 15.8 Å². The molecule has 4 N–H and O–H groups in total. The minimum Gasteiger partial charge on any atom is -0.423 e. The van der Waals surface area contributed by atoms with Crippen LogP contribution in [0.15, 0.2) is 18.2 Å². The van der Waals surface area contributed by atoms with Crippen molar-refractivity contribution < 1.29 is 14.8 Å². The Morgan fingerprint density at radius 3 is 2.44 bits per heavy atom. The van der Waals surface area contributed by atoms with Gasteiger partial charge < -0.3 is 20.7 Å². The van der Waals surface area contributed by atoms with Crippen molar-refractivity contribution in [3.8, 4) is 0 Å². The van der Waals surface area contributed by atoms with Gasteiger partial charge in [-0.1, -0.05) is 0 Å². The smallest absolute Gasteiger partial charge is 0.423 e. The summed E-state index contributed by atoms with van der Waals surface area (Å²) in [5, 5.41) is 18.3. The van der Waals surface area contributed by atoms with Crippen LogP contribution in [0.2, 0.25) is 0 Å². The number of nitrogens with two attached hydrogens (primary N) is 1. The number of amides is 1. The van der Waals surface area contributed by atoms with Gasteiger partial charge in [0, 0.05) is 24.3 Å². The third-order valence-electron chi connectivity index (χ3n) is 3.17. The first-order chi connectivity index (χ1) is 8.58. The number of benzene rings is 1. The molecule has 1 heterocycles. The van der Waals surface area contributed by atoms with Crippen molar-refractivity contribution in [3.63, 3.8) is 0 Å². The zero-order valence-electron chi connectivity index (χ0n) is 10.2. The summed E-state index contributed by atoms with van der Waals surface area (Å²) in [5.41, 5.74) is 6.70. The molecular formula is C12H17BN2O3. The first kappa shape index (κ1) is 12.9. The van der Waals surface area contributed by atoms with E-state index >= 15 is 0 Å². The fraction of sp³-hybridized carbons (Fsp3) is 0.417. The van der Waals surface area contributed by atoms with E-state index in [0.717, 1.165) is 32.4 Å². The molecule has 0 radical (unpaired) electrons. The monoisotopic (exact) mass is 248 g/mol. The van der Waals surface area contributed by atoms with Gasteiger partial charge in [-0.15, -0.1) is 0 Å². The lowest BCUT2D eigenvalue weighted by molar-refractivity contribution is 0.0724. The van der Waals surface area contributed by atoms with Crippen molar-refractivity contribution in [2.24, 2.45) is 0 Å². The largest absolute Gasteiger partial charge is 0.488 e. The van der Waals surface area contributed by atoms with Crippen molar-refractivity contribution in [2.75, 3.05) is 18.8 Å². The molecule has 1 saturated heterocycles. The molecule has 1 aromatic carbocycles. The van der Waals surface area contributed by atoms with Crippen LogP contribution in [-0.4, -0.2) is 41.1 Å². The SMILES string of the molecule is Nc1cc(B(O)O)cc(C(=O)N2CCCCC2)c1. The number of hydrogen-bond donors (Lipinski definition) is 3. The van der Waals surface area contributed by atoms with E-state index in [1.807, 2.05) is 0 Å². The highest BCUT2D eigenvalue weighted by molar-refractivity contribution is 6.58. The molecule has 0 aromatic heterocycles. The zero-order chi connectivity index (χ0) is 13.1. The molecule has 18 heavy (non-hydrogen) atoms. The third kappa shape index (κ3) is 2.83. The summed E-state index contributed by atoms with van der Waals surface area (Å²) in [6.07, 6.45) is 3.19. The number of likely N-dealkylation sites (tertiary alicyclic amines) is 1. The lowest BCUT2D eigenvalue weighted by Gasteiger charge is -2.27. The fourth-order valence-electron chi connectivity index (χ4n) is 2.23. The van der Waals surface area contributed by atoms with Gasteiger partial charge in [0.05, 0.1) is 0 Å². The molecule has 2 rings (SSSR count). The summed E-state index contributed by atoms with van der Waals surface area (Å²) in [4.78, 5) is 14.0. The van der Waals surface area contributed by atoms with Crippen LogP contribution in [0.5, 0.6) is 0 Å². The first-order valence-electron chi connectivity index (χ1n) is 6.14. The first-order valence-corrected chi connectivity index (χ1v) is 6.14. The molecule has 0 spiro atoms. The van der Waals surface area contributed by atoms with Crippen LogP contribution < -0.4 is 11.2 Å². The summed E-state index contributed by atoms with van der Waals surface area (Å²) in [6.45, 7) is 1.51. The maximum Gasteiger partial charge on any atom is 0.488 e. The average Bonchev–Trinajstić information content (AvgIpc) is 2.38. The van der Waals surface area contributed by atoms with Crippen molar-refractivity contribution in [1.29, 1.82) is 0 Å². The molecule has 0 atom stereocenters. The normalized spacial score (nSPS) is 15.6. The van der Waals surface area contributed by atoms with Crippen LogP contribution >= 0.6 is 0 Å². The Morgan fingerprint density at radius 2 is 1.83 bits per heavy atom. The summed E-state index contributed by atoms with van der Waals surface area (Å²) < 4.78 is 0. The van der Waals surface area contributed by atoms with E-state index in [-0.39, 0.29) is 11.4 Å². The average molecular weight is 248 g/mol. The summed E-state index contributed by atoms with van der Waals surface area (Å²) in [5.74, 6) is -0.0936. The maximum atomic E-state index is 12.2. The van der Waals surface area contributed by atoms with Gasteiger partial charge >= 0.3 is 7.12 Å². The molecule has 96 valence electrons. The van der Waals surface area contributed by atoms with E-state index in [1.165, 1.54) is 12.1 Å². The van der Waals surface area contributed by atoms with Crippen LogP contribution in [0.25, 0.3) is 0 Å². The number of anilines is 1. The van der Waals surface area contributed by atoms with Gasteiger partial charge in [0.25, 0.3) is 5.91 Å². The number of piperidine rings is 1. The highest BCUT2D eigenvalue weighted by atomic mass is 16.4. The molecule has 0 bridgehead atoms. The Labute approximate surface area is 106 Å². The molecule has 1 amide bonds. The zero-order valence-corrected chi connectivity index (χ0v) is 10.2. The predicted molar refractivity (Wildman–Crippen MR) is 70.4 cm³/mol. The van der Waals surface area contributed by atoms with E-state index in [2.05, 4.69) is 0 Å². The molecule has 0 saturated carbocycles. The second kappa shape index (κ2) is 5.41. The highest BCUT2D eigenvalue weighted by Crippen LogP contribution is 2.14. The summed E-state index contributed by atoms with van der Waals surface area (Å²) in [6, 6.07) is 4.51. The van der Waals surface area contributed by atoms with Gasteiger partial charge in [-0.3, -0.25) is 4.79 Å². The van der Waals surface area contributed by atoms with Crippen molar-refractivity contribution in [1.82, 2.24) is 4.90 Å². The van der Waals surface area contributed by atoms with Crippen LogP contribution in [0, 0.1) is 0 Å². The number of rotatable bonds is 2. The van der Waals surface area contributed by atoms with Gasteiger partial charge in [0.1, 0.15) is 0 Å². The number of carbonyl (C=O) groups excluding carboxylic acids is 1. The summed E-state index contributed by atoms with van der Waals surface area (Å²) in [7, 11) is -1.61. The lowest BCUT2D eigenvalue weighted by Crippen LogP contribution is -2.37.